The van der Waals surface area contributed by atoms with Crippen molar-refractivity contribution in [2.75, 3.05) is 0 Å². The number of fused-ring (bicyclic) bond motifs is 1. The summed E-state index contributed by atoms with van der Waals surface area (Å²) in [6, 6.07) is 1.000. The summed E-state index contributed by atoms with van der Waals surface area (Å²) in [4.78, 5) is 8.71. The van der Waals surface area contributed by atoms with Crippen molar-refractivity contribution >= 4 is 12.4 Å². The van der Waals surface area contributed by atoms with Crippen LogP contribution in [0.4, 0.5) is 0 Å². The van der Waals surface area contributed by atoms with Gasteiger partial charge in [0.2, 0.25) is 0 Å². The third-order valence-electron chi connectivity index (χ3n) is 2.84. The van der Waals surface area contributed by atoms with Gasteiger partial charge in [0, 0.05) is 12.4 Å². The SMILES string of the molecule is CC1C(C)[C@@H]2N=CC=NC12. The van der Waals surface area contributed by atoms with Gasteiger partial charge in [-0.25, -0.2) is 0 Å². The molecule has 0 aromatic rings. The van der Waals surface area contributed by atoms with Gasteiger partial charge in [0.05, 0.1) is 12.1 Å². The highest BCUT2D eigenvalue weighted by Gasteiger charge is 2.45. The lowest BCUT2D eigenvalue weighted by molar-refractivity contribution is 0.133. The molecule has 0 aromatic heterocycles. The molecule has 0 saturated heterocycles. The van der Waals surface area contributed by atoms with Gasteiger partial charge in [-0.15, -0.1) is 0 Å². The maximum absolute atomic E-state index is 4.35. The van der Waals surface area contributed by atoms with Gasteiger partial charge < -0.3 is 0 Å². The Labute approximate surface area is 61.1 Å². The molecule has 0 N–H and O–H groups in total. The molecule has 2 rings (SSSR count). The highest BCUT2D eigenvalue weighted by Crippen LogP contribution is 2.39. The Morgan fingerprint density at radius 3 is 1.70 bits per heavy atom. The summed E-state index contributed by atoms with van der Waals surface area (Å²) >= 11 is 0. The highest BCUT2D eigenvalue weighted by atomic mass is 15.0. The molecule has 1 saturated carbocycles. The number of hydrogen-bond acceptors (Lipinski definition) is 2. The van der Waals surface area contributed by atoms with Crippen LogP contribution in [0.3, 0.4) is 0 Å². The first kappa shape index (κ1) is 6.08. The molecule has 1 aliphatic carbocycles. The van der Waals surface area contributed by atoms with Gasteiger partial charge in [-0.05, 0) is 11.8 Å². The van der Waals surface area contributed by atoms with Crippen LogP contribution in [-0.2, 0) is 0 Å². The molecule has 3 unspecified atom stereocenters. The normalized spacial score (nSPS) is 50.2. The van der Waals surface area contributed by atoms with Gasteiger partial charge in [-0.2, -0.15) is 0 Å². The van der Waals surface area contributed by atoms with Crippen molar-refractivity contribution in [3.63, 3.8) is 0 Å². The molecule has 1 fully saturated rings. The maximum atomic E-state index is 4.35. The molecule has 54 valence electrons. The van der Waals surface area contributed by atoms with Crippen molar-refractivity contribution in [2.24, 2.45) is 21.8 Å². The Balaban J connectivity index is 2.17. The second-order valence-electron chi connectivity index (χ2n) is 3.30. The lowest BCUT2D eigenvalue weighted by atomic mass is 9.67. The van der Waals surface area contributed by atoms with Gasteiger partial charge >= 0.3 is 0 Å². The third-order valence-corrected chi connectivity index (χ3v) is 2.84. The van der Waals surface area contributed by atoms with E-state index in [1.165, 1.54) is 0 Å². The van der Waals surface area contributed by atoms with E-state index in [1.54, 1.807) is 0 Å². The molecule has 10 heavy (non-hydrogen) atoms. The van der Waals surface area contributed by atoms with E-state index in [-0.39, 0.29) is 0 Å². The van der Waals surface area contributed by atoms with Crippen LogP contribution in [0.25, 0.3) is 0 Å². The fourth-order valence-corrected chi connectivity index (χ4v) is 1.82. The number of hydrogen-bond donors (Lipinski definition) is 0. The molecule has 0 aromatic carbocycles. The van der Waals surface area contributed by atoms with Crippen LogP contribution in [0.15, 0.2) is 9.98 Å². The Morgan fingerprint density at radius 2 is 1.30 bits per heavy atom. The molecule has 0 bridgehead atoms. The molecule has 0 amide bonds. The molecular weight excluding hydrogens is 124 g/mol. The van der Waals surface area contributed by atoms with Crippen LogP contribution in [0.2, 0.25) is 0 Å². The summed E-state index contributed by atoms with van der Waals surface area (Å²) in [7, 11) is 0. The predicted molar refractivity (Wildman–Crippen MR) is 42.9 cm³/mol. The van der Waals surface area contributed by atoms with E-state index in [1.807, 2.05) is 12.4 Å². The molecule has 0 radical (unpaired) electrons. The van der Waals surface area contributed by atoms with Gasteiger partial charge in [0.25, 0.3) is 0 Å². The predicted octanol–water partition coefficient (Wildman–Crippen LogP) is 1.16. The smallest absolute Gasteiger partial charge is 0.0755 e. The Bertz CT molecular complexity index is 173. The van der Waals surface area contributed by atoms with Crippen LogP contribution >= 0.6 is 0 Å². The quantitative estimate of drug-likeness (QED) is 0.477. The maximum Gasteiger partial charge on any atom is 0.0755 e. The number of aliphatic imine (C=N–C) groups is 2. The molecule has 1 heterocycles. The van der Waals surface area contributed by atoms with E-state index in [0.29, 0.717) is 12.1 Å². The fourth-order valence-electron chi connectivity index (χ4n) is 1.82. The van der Waals surface area contributed by atoms with Crippen molar-refractivity contribution in [3.8, 4) is 0 Å². The minimum Gasteiger partial charge on any atom is -0.286 e. The first-order chi connectivity index (χ1) is 4.80. The summed E-state index contributed by atoms with van der Waals surface area (Å²) in [5, 5.41) is 0. The van der Waals surface area contributed by atoms with E-state index in [4.69, 9.17) is 0 Å². The molecule has 0 spiro atoms. The minimum atomic E-state index is 0.500. The Kier molecular flexibility index (Phi) is 1.16. The van der Waals surface area contributed by atoms with Crippen LogP contribution in [0.5, 0.6) is 0 Å². The largest absolute Gasteiger partial charge is 0.286 e. The van der Waals surface area contributed by atoms with E-state index in [2.05, 4.69) is 23.8 Å². The number of nitrogens with zero attached hydrogens (tertiary/aromatic N) is 2. The minimum absolute atomic E-state index is 0.500. The fraction of sp³-hybridized carbons (Fsp3) is 0.750. The van der Waals surface area contributed by atoms with E-state index < -0.39 is 0 Å². The molecular formula is C8H12N2. The Morgan fingerprint density at radius 1 is 0.900 bits per heavy atom. The lowest BCUT2D eigenvalue weighted by Crippen LogP contribution is -2.52. The molecule has 2 aliphatic rings. The highest BCUT2D eigenvalue weighted by molar-refractivity contribution is 6.16. The van der Waals surface area contributed by atoms with Gasteiger partial charge in [-0.1, -0.05) is 13.8 Å². The van der Waals surface area contributed by atoms with E-state index in [0.717, 1.165) is 11.8 Å². The second-order valence-corrected chi connectivity index (χ2v) is 3.30. The van der Waals surface area contributed by atoms with Crippen molar-refractivity contribution in [3.05, 3.63) is 0 Å². The second kappa shape index (κ2) is 1.91. The first-order valence-electron chi connectivity index (χ1n) is 3.85. The summed E-state index contributed by atoms with van der Waals surface area (Å²) in [5.41, 5.74) is 0. The standard InChI is InChI=1S/C8H12N2/c1-5-6(2)8-7(5)9-3-4-10-8/h3-8H,1-2H3/t5?,6?,7-,8?/m0/s1. The average Bonchev–Trinajstić information content (AvgIpc) is 2.03. The molecule has 1 aliphatic heterocycles. The van der Waals surface area contributed by atoms with Crippen molar-refractivity contribution in [1.82, 2.24) is 0 Å². The molecule has 4 atom stereocenters. The first-order valence-corrected chi connectivity index (χ1v) is 3.85. The zero-order valence-corrected chi connectivity index (χ0v) is 6.36. The monoisotopic (exact) mass is 136 g/mol. The summed E-state index contributed by atoms with van der Waals surface area (Å²) in [5.74, 6) is 1.47. The van der Waals surface area contributed by atoms with E-state index in [9.17, 15) is 0 Å². The van der Waals surface area contributed by atoms with Gasteiger partial charge in [0.15, 0.2) is 0 Å². The average molecular weight is 136 g/mol. The van der Waals surface area contributed by atoms with Crippen LogP contribution < -0.4 is 0 Å². The number of rotatable bonds is 0. The lowest BCUT2D eigenvalue weighted by Gasteiger charge is -2.45. The topological polar surface area (TPSA) is 24.7 Å². The van der Waals surface area contributed by atoms with Crippen LogP contribution in [0.1, 0.15) is 13.8 Å². The van der Waals surface area contributed by atoms with Crippen LogP contribution in [-0.4, -0.2) is 24.5 Å². The van der Waals surface area contributed by atoms with Crippen molar-refractivity contribution in [2.45, 2.75) is 25.9 Å². The molecule has 2 heteroatoms. The molecule has 2 nitrogen and oxygen atoms in total. The van der Waals surface area contributed by atoms with Gasteiger partial charge in [-0.3, -0.25) is 9.98 Å². The summed E-state index contributed by atoms with van der Waals surface area (Å²) in [6.45, 7) is 4.51. The Hall–Kier alpha value is -0.660. The zero-order chi connectivity index (χ0) is 7.14. The van der Waals surface area contributed by atoms with Crippen molar-refractivity contribution in [1.29, 1.82) is 0 Å². The third kappa shape index (κ3) is 0.591. The summed E-state index contributed by atoms with van der Waals surface area (Å²) in [6.07, 6.45) is 3.65. The van der Waals surface area contributed by atoms with Crippen molar-refractivity contribution < 1.29 is 0 Å². The van der Waals surface area contributed by atoms with Gasteiger partial charge in [0.1, 0.15) is 0 Å². The zero-order valence-electron chi connectivity index (χ0n) is 6.36. The van der Waals surface area contributed by atoms with E-state index >= 15 is 0 Å². The van der Waals surface area contributed by atoms with Crippen LogP contribution in [0, 0.1) is 11.8 Å². The summed E-state index contributed by atoms with van der Waals surface area (Å²) < 4.78 is 0.